The van der Waals surface area contributed by atoms with Crippen molar-refractivity contribution in [3.05, 3.63) is 54.5 Å². The van der Waals surface area contributed by atoms with Gasteiger partial charge in [0, 0.05) is 56.1 Å². The molecule has 1 saturated carbocycles. The molecule has 0 aliphatic heterocycles. The summed E-state index contributed by atoms with van der Waals surface area (Å²) in [5, 5.41) is 12.9. The Morgan fingerprint density at radius 2 is 1.85 bits per heavy atom. The van der Waals surface area contributed by atoms with Gasteiger partial charge in [0.05, 0.1) is 23.9 Å². The first-order valence-electron chi connectivity index (χ1n) is 13.8. The monoisotopic (exact) mass is 559 g/mol. The number of ether oxygens (including phenoxy) is 2. The Morgan fingerprint density at radius 3 is 2.51 bits per heavy atom. The van der Waals surface area contributed by atoms with E-state index in [0.717, 1.165) is 47.8 Å². The molecule has 1 aliphatic rings. The third-order valence-electron chi connectivity index (χ3n) is 7.18. The van der Waals surface area contributed by atoms with Gasteiger partial charge in [-0.25, -0.2) is 9.78 Å². The fraction of sp³-hybridized carbons (Fsp3) is 0.433. The van der Waals surface area contributed by atoms with Crippen LogP contribution in [0.2, 0.25) is 0 Å². The Hall–Kier alpha value is -4.41. The predicted octanol–water partition coefficient (Wildman–Crippen LogP) is 5.13. The summed E-state index contributed by atoms with van der Waals surface area (Å²) < 4.78 is 15.6. The molecule has 1 N–H and O–H groups in total. The van der Waals surface area contributed by atoms with Gasteiger partial charge in [0.15, 0.2) is 0 Å². The van der Waals surface area contributed by atoms with Gasteiger partial charge in [-0.15, -0.1) is 0 Å². The fourth-order valence-electron chi connectivity index (χ4n) is 5.12. The molecule has 3 heterocycles. The number of benzene rings is 1. The zero-order valence-electron chi connectivity index (χ0n) is 24.4. The van der Waals surface area contributed by atoms with E-state index in [0.29, 0.717) is 17.1 Å². The number of nitrogens with one attached hydrogen (secondary N) is 1. The van der Waals surface area contributed by atoms with Crippen LogP contribution in [0.1, 0.15) is 62.9 Å². The smallest absolute Gasteiger partial charge is 0.415 e. The van der Waals surface area contributed by atoms with Crippen molar-refractivity contribution in [3.63, 3.8) is 0 Å². The summed E-state index contributed by atoms with van der Waals surface area (Å²) in [6.45, 7) is 5.51. The largest absolute Gasteiger partial charge is 0.490 e. The van der Waals surface area contributed by atoms with Crippen LogP contribution in [0.3, 0.4) is 0 Å². The Kier molecular flexibility index (Phi) is 7.70. The lowest BCUT2D eigenvalue weighted by Gasteiger charge is -2.29. The van der Waals surface area contributed by atoms with Gasteiger partial charge in [-0.05, 0) is 64.7 Å². The second-order valence-corrected chi connectivity index (χ2v) is 11.5. The molecule has 0 radical (unpaired) electrons. The molecule has 11 heteroatoms. The number of aromatic nitrogens is 5. The highest BCUT2D eigenvalue weighted by Crippen LogP contribution is 2.37. The highest BCUT2D eigenvalue weighted by atomic mass is 16.6. The minimum Gasteiger partial charge on any atom is -0.490 e. The van der Waals surface area contributed by atoms with Crippen LogP contribution in [0.4, 0.5) is 10.6 Å². The maximum absolute atomic E-state index is 12.8. The summed E-state index contributed by atoms with van der Waals surface area (Å²) in [7, 11) is 5.15. The van der Waals surface area contributed by atoms with Gasteiger partial charge in [0.2, 0.25) is 0 Å². The number of amides is 2. The molecule has 1 fully saturated rings. The summed E-state index contributed by atoms with van der Waals surface area (Å²) in [5.74, 6) is 1.04. The Labute approximate surface area is 239 Å². The zero-order valence-corrected chi connectivity index (χ0v) is 24.4. The van der Waals surface area contributed by atoms with Crippen LogP contribution in [-0.2, 0) is 11.8 Å². The number of nitrogens with zero attached hydrogens (tertiary/aromatic N) is 6. The van der Waals surface area contributed by atoms with Crippen molar-refractivity contribution in [2.75, 3.05) is 19.0 Å². The molecule has 0 atom stereocenters. The van der Waals surface area contributed by atoms with Crippen LogP contribution in [0.15, 0.2) is 48.9 Å². The quantitative estimate of drug-likeness (QED) is 0.348. The Morgan fingerprint density at radius 1 is 1.10 bits per heavy atom. The standard InChI is InChI=1S/C30H37N7O4/c1-30(2,3)41-29(39)36(6)26-15-25-24(17-32-26)27(20-16-33-35(5)18-20)34-37(25)21-10-12-22(13-11-21)40-23-9-7-8-19(14-23)28(38)31-4/h7-9,14-18,21-22H,10-13H2,1-6H3,(H,31,38). The number of carbonyl (C=O) groups is 2. The fourth-order valence-corrected chi connectivity index (χ4v) is 5.12. The van der Waals surface area contributed by atoms with Gasteiger partial charge in [-0.3, -0.25) is 19.1 Å². The van der Waals surface area contributed by atoms with Gasteiger partial charge in [-0.1, -0.05) is 6.07 Å². The van der Waals surface area contributed by atoms with Crippen LogP contribution < -0.4 is 15.0 Å². The minimum absolute atomic E-state index is 0.0429. The van der Waals surface area contributed by atoms with Crippen molar-refractivity contribution in [3.8, 4) is 17.0 Å². The van der Waals surface area contributed by atoms with E-state index in [9.17, 15) is 9.59 Å². The van der Waals surface area contributed by atoms with Gasteiger partial charge in [0.25, 0.3) is 5.91 Å². The average molecular weight is 560 g/mol. The summed E-state index contributed by atoms with van der Waals surface area (Å²) in [6.07, 6.45) is 8.48. The van der Waals surface area contributed by atoms with Gasteiger partial charge < -0.3 is 14.8 Å². The van der Waals surface area contributed by atoms with Crippen molar-refractivity contribution < 1.29 is 19.1 Å². The van der Waals surface area contributed by atoms with Crippen molar-refractivity contribution >= 4 is 28.7 Å². The SMILES string of the molecule is CNC(=O)c1cccc(OC2CCC(n3nc(-c4cnn(C)c4)c4cnc(N(C)C(=O)OC(C)(C)C)cc43)CC2)c1. The molecule has 4 aromatic rings. The molecule has 0 spiro atoms. The number of carbonyl (C=O) groups excluding carboxylic acids is 2. The molecule has 11 nitrogen and oxygen atoms in total. The van der Waals surface area contributed by atoms with Crippen molar-refractivity contribution in [1.29, 1.82) is 0 Å². The molecule has 1 aromatic carbocycles. The van der Waals surface area contributed by atoms with Gasteiger partial charge >= 0.3 is 6.09 Å². The maximum Gasteiger partial charge on any atom is 0.415 e. The van der Waals surface area contributed by atoms with Gasteiger partial charge in [-0.2, -0.15) is 10.2 Å². The maximum atomic E-state index is 12.8. The molecule has 0 saturated heterocycles. The second-order valence-electron chi connectivity index (χ2n) is 11.5. The number of aryl methyl sites for hydroxylation is 1. The number of pyridine rings is 1. The van der Waals surface area contributed by atoms with Crippen LogP contribution in [0.5, 0.6) is 5.75 Å². The van der Waals surface area contributed by atoms with E-state index < -0.39 is 11.7 Å². The van der Waals surface area contributed by atoms with E-state index in [1.54, 1.807) is 43.3 Å². The molecule has 1 aliphatic carbocycles. The molecule has 41 heavy (non-hydrogen) atoms. The number of fused-ring (bicyclic) bond motifs is 1. The van der Waals surface area contributed by atoms with Crippen molar-refractivity contribution in [2.45, 2.75) is 64.2 Å². The van der Waals surface area contributed by atoms with E-state index in [4.69, 9.17) is 14.6 Å². The van der Waals surface area contributed by atoms with E-state index in [1.807, 2.05) is 52.2 Å². The van der Waals surface area contributed by atoms with Crippen LogP contribution in [-0.4, -0.2) is 62.3 Å². The number of anilines is 1. The van der Waals surface area contributed by atoms with Crippen LogP contribution in [0.25, 0.3) is 22.2 Å². The number of rotatable bonds is 6. The lowest BCUT2D eigenvalue weighted by molar-refractivity contribution is 0.0588. The van der Waals surface area contributed by atoms with E-state index in [2.05, 4.69) is 20.1 Å². The van der Waals surface area contributed by atoms with Crippen LogP contribution >= 0.6 is 0 Å². The molecule has 3 aromatic heterocycles. The minimum atomic E-state index is -0.616. The van der Waals surface area contributed by atoms with E-state index >= 15 is 0 Å². The average Bonchev–Trinajstić information content (AvgIpc) is 3.55. The summed E-state index contributed by atoms with van der Waals surface area (Å²) in [5.41, 5.74) is 2.56. The first-order valence-corrected chi connectivity index (χ1v) is 13.8. The Bertz CT molecular complexity index is 1560. The van der Waals surface area contributed by atoms with Gasteiger partial charge in [0.1, 0.15) is 22.9 Å². The second kappa shape index (κ2) is 11.2. The first-order chi connectivity index (χ1) is 19.5. The highest BCUT2D eigenvalue weighted by molar-refractivity contribution is 5.96. The predicted molar refractivity (Wildman–Crippen MR) is 156 cm³/mol. The Balaban J connectivity index is 1.40. The number of hydrogen-bond donors (Lipinski definition) is 1. The highest BCUT2D eigenvalue weighted by Gasteiger charge is 2.28. The number of hydrogen-bond acceptors (Lipinski definition) is 7. The summed E-state index contributed by atoms with van der Waals surface area (Å²) in [6, 6.07) is 9.31. The molecule has 216 valence electrons. The molecule has 2 amide bonds. The van der Waals surface area contributed by atoms with Crippen molar-refractivity contribution in [1.82, 2.24) is 29.9 Å². The topological polar surface area (TPSA) is 116 Å². The summed E-state index contributed by atoms with van der Waals surface area (Å²) >= 11 is 0. The van der Waals surface area contributed by atoms with E-state index in [-0.39, 0.29) is 18.1 Å². The molecular weight excluding hydrogens is 522 g/mol. The lowest BCUT2D eigenvalue weighted by Crippen LogP contribution is -2.34. The van der Waals surface area contributed by atoms with E-state index in [1.165, 1.54) is 4.90 Å². The molecular formula is C30H37N7O4. The van der Waals surface area contributed by atoms with Crippen LogP contribution in [0, 0.1) is 0 Å². The lowest BCUT2D eigenvalue weighted by atomic mass is 9.93. The third-order valence-corrected chi connectivity index (χ3v) is 7.18. The normalized spacial score (nSPS) is 17.3. The molecule has 0 unspecified atom stereocenters. The summed E-state index contributed by atoms with van der Waals surface area (Å²) in [4.78, 5) is 30.8. The molecule has 5 rings (SSSR count). The third kappa shape index (κ3) is 6.18. The van der Waals surface area contributed by atoms with Crippen molar-refractivity contribution in [2.24, 2.45) is 7.05 Å². The molecule has 0 bridgehead atoms. The first kappa shape index (κ1) is 28.1. The zero-order chi connectivity index (χ0) is 29.3.